The minimum Gasteiger partial charge on any atom is -0.458 e. The number of rotatable bonds is 13. The fourth-order valence-electron chi connectivity index (χ4n) is 4.51. The first kappa shape index (κ1) is 32.4. The van der Waals surface area contributed by atoms with E-state index in [1.807, 2.05) is 25.2 Å². The lowest BCUT2D eigenvalue weighted by Gasteiger charge is -2.32. The third-order valence-electron chi connectivity index (χ3n) is 6.90. The Hall–Kier alpha value is -2.61. The molecule has 0 saturated carbocycles. The minimum atomic E-state index is -0.302. The van der Waals surface area contributed by atoms with Gasteiger partial charge in [0, 0.05) is 6.08 Å². The van der Waals surface area contributed by atoms with Gasteiger partial charge in [-0.15, -0.1) is 0 Å². The second-order valence-corrected chi connectivity index (χ2v) is 11.5. The van der Waals surface area contributed by atoms with E-state index in [1.54, 1.807) is 6.08 Å². The third kappa shape index (κ3) is 14.6. The largest absolute Gasteiger partial charge is 0.458 e. The molecule has 0 N–H and O–H groups in total. The van der Waals surface area contributed by atoms with Crippen LogP contribution in [0, 0.1) is 5.41 Å². The van der Waals surface area contributed by atoms with Gasteiger partial charge in [0.2, 0.25) is 0 Å². The Kier molecular flexibility index (Phi) is 14.9. The van der Waals surface area contributed by atoms with Crippen LogP contribution in [0.4, 0.5) is 0 Å². The molecular formula is C35H52O2. The molecule has 0 aromatic rings. The SMILES string of the molecule is CC(C)=CCCC(C)=CCCC(C)=CCOC(=O)C=C(C)C=CC=C(C)C=CC1=C(C)CCCC1(C)C. The lowest BCUT2D eigenvalue weighted by atomic mass is 9.72. The van der Waals surface area contributed by atoms with Crippen LogP contribution < -0.4 is 0 Å². The average molecular weight is 505 g/mol. The van der Waals surface area contributed by atoms with E-state index in [9.17, 15) is 4.79 Å². The Morgan fingerprint density at radius 2 is 1.54 bits per heavy atom. The van der Waals surface area contributed by atoms with Gasteiger partial charge in [-0.05, 0) is 116 Å². The Labute approximate surface area is 228 Å². The summed E-state index contributed by atoms with van der Waals surface area (Å²) in [6.07, 6.45) is 26.6. The quantitative estimate of drug-likeness (QED) is 0.108. The highest BCUT2D eigenvalue weighted by atomic mass is 16.5. The topological polar surface area (TPSA) is 26.3 Å². The Morgan fingerprint density at radius 3 is 2.19 bits per heavy atom. The molecule has 0 radical (unpaired) electrons. The van der Waals surface area contributed by atoms with Crippen LogP contribution in [0.5, 0.6) is 0 Å². The number of hydrogen-bond acceptors (Lipinski definition) is 2. The number of ether oxygens (including phenoxy) is 1. The van der Waals surface area contributed by atoms with E-state index in [4.69, 9.17) is 4.74 Å². The summed E-state index contributed by atoms with van der Waals surface area (Å²) in [7, 11) is 0. The molecule has 0 aromatic carbocycles. The molecule has 1 rings (SSSR count). The van der Waals surface area contributed by atoms with Crippen molar-refractivity contribution in [2.75, 3.05) is 6.61 Å². The highest BCUT2D eigenvalue weighted by Crippen LogP contribution is 2.40. The van der Waals surface area contributed by atoms with Crippen molar-refractivity contribution in [1.29, 1.82) is 0 Å². The summed E-state index contributed by atoms with van der Waals surface area (Å²) in [6.45, 7) is 19.9. The standard InChI is InChI=1S/C35H52O2/c1-27(2)14-10-15-28(3)16-11-18-30(5)23-25-37-34(36)26-31(6)19-12-17-29(4)21-22-33-32(7)20-13-24-35(33,8)9/h12,14,16-17,19,21-23,26H,10-11,13,15,18,20,24-25H2,1-9H3. The monoisotopic (exact) mass is 504 g/mol. The lowest BCUT2D eigenvalue weighted by Crippen LogP contribution is -2.19. The van der Waals surface area contributed by atoms with Crippen molar-refractivity contribution in [2.24, 2.45) is 5.41 Å². The summed E-state index contributed by atoms with van der Waals surface area (Å²) in [5.74, 6) is -0.302. The molecule has 0 fully saturated rings. The number of esters is 1. The fourth-order valence-corrected chi connectivity index (χ4v) is 4.51. The number of carbonyl (C=O) groups is 1. The molecule has 0 amide bonds. The van der Waals surface area contributed by atoms with E-state index in [2.05, 4.69) is 85.8 Å². The van der Waals surface area contributed by atoms with Crippen molar-refractivity contribution < 1.29 is 9.53 Å². The van der Waals surface area contributed by atoms with Crippen molar-refractivity contribution in [3.63, 3.8) is 0 Å². The van der Waals surface area contributed by atoms with Crippen LogP contribution in [-0.2, 0) is 9.53 Å². The number of carbonyl (C=O) groups excluding carboxylic acids is 1. The van der Waals surface area contributed by atoms with E-state index in [0.717, 1.165) is 31.3 Å². The van der Waals surface area contributed by atoms with E-state index < -0.39 is 0 Å². The zero-order valence-electron chi connectivity index (χ0n) is 25.2. The normalized spacial score (nSPS) is 17.6. The Balaban J connectivity index is 2.47. The maximum atomic E-state index is 12.1. The van der Waals surface area contributed by atoms with Crippen LogP contribution in [0.3, 0.4) is 0 Å². The van der Waals surface area contributed by atoms with Crippen molar-refractivity contribution in [1.82, 2.24) is 0 Å². The average Bonchev–Trinajstić information content (AvgIpc) is 2.78. The molecule has 0 saturated heterocycles. The summed E-state index contributed by atoms with van der Waals surface area (Å²) in [6, 6.07) is 0. The number of hydrogen-bond donors (Lipinski definition) is 0. The molecule has 2 heteroatoms. The summed E-state index contributed by atoms with van der Waals surface area (Å²) >= 11 is 0. The predicted molar refractivity (Wildman–Crippen MR) is 162 cm³/mol. The molecule has 0 spiro atoms. The van der Waals surface area contributed by atoms with E-state index >= 15 is 0 Å². The van der Waals surface area contributed by atoms with Crippen LogP contribution in [0.25, 0.3) is 0 Å². The van der Waals surface area contributed by atoms with Gasteiger partial charge >= 0.3 is 5.97 Å². The van der Waals surface area contributed by atoms with E-state index in [1.165, 1.54) is 52.7 Å². The summed E-state index contributed by atoms with van der Waals surface area (Å²) < 4.78 is 5.37. The Bertz CT molecular complexity index is 996. The summed E-state index contributed by atoms with van der Waals surface area (Å²) in [5.41, 5.74) is 9.36. The van der Waals surface area contributed by atoms with Crippen LogP contribution in [0.1, 0.15) is 107 Å². The van der Waals surface area contributed by atoms with E-state index in [0.29, 0.717) is 6.61 Å². The molecule has 37 heavy (non-hydrogen) atoms. The van der Waals surface area contributed by atoms with E-state index in [-0.39, 0.29) is 11.4 Å². The first-order valence-electron chi connectivity index (χ1n) is 13.9. The molecule has 0 unspecified atom stereocenters. The molecule has 0 bridgehead atoms. The predicted octanol–water partition coefficient (Wildman–Crippen LogP) is 10.5. The van der Waals surface area contributed by atoms with Crippen LogP contribution in [0.2, 0.25) is 0 Å². The molecule has 0 aromatic heterocycles. The smallest absolute Gasteiger partial charge is 0.331 e. The fraction of sp³-hybridized carbons (Fsp3) is 0.514. The molecule has 1 aliphatic rings. The van der Waals surface area contributed by atoms with Crippen molar-refractivity contribution in [3.8, 4) is 0 Å². The zero-order chi connectivity index (χ0) is 27.8. The molecule has 2 nitrogen and oxygen atoms in total. The lowest BCUT2D eigenvalue weighted by molar-refractivity contribution is -0.136. The highest BCUT2D eigenvalue weighted by Gasteiger charge is 2.26. The van der Waals surface area contributed by atoms with Crippen LogP contribution in [-0.4, -0.2) is 12.6 Å². The van der Waals surface area contributed by atoms with Crippen LogP contribution >= 0.6 is 0 Å². The highest BCUT2D eigenvalue weighted by molar-refractivity contribution is 5.83. The third-order valence-corrected chi connectivity index (χ3v) is 6.90. The first-order valence-corrected chi connectivity index (χ1v) is 13.9. The molecule has 0 heterocycles. The second-order valence-electron chi connectivity index (χ2n) is 11.5. The summed E-state index contributed by atoms with van der Waals surface area (Å²) in [4.78, 5) is 12.1. The molecule has 0 aliphatic heterocycles. The maximum absolute atomic E-state index is 12.1. The van der Waals surface area contributed by atoms with Crippen molar-refractivity contribution in [3.05, 3.63) is 93.7 Å². The van der Waals surface area contributed by atoms with Gasteiger partial charge in [-0.3, -0.25) is 0 Å². The second kappa shape index (κ2) is 17.0. The summed E-state index contributed by atoms with van der Waals surface area (Å²) in [5, 5.41) is 0. The first-order chi connectivity index (χ1) is 17.4. The molecule has 204 valence electrons. The van der Waals surface area contributed by atoms with Gasteiger partial charge in [-0.2, -0.15) is 0 Å². The maximum Gasteiger partial charge on any atom is 0.331 e. The van der Waals surface area contributed by atoms with Gasteiger partial charge in [0.05, 0.1) is 0 Å². The van der Waals surface area contributed by atoms with Crippen molar-refractivity contribution in [2.45, 2.75) is 107 Å². The van der Waals surface area contributed by atoms with Gasteiger partial charge in [-0.1, -0.05) is 84.2 Å². The Morgan fingerprint density at radius 1 is 0.892 bits per heavy atom. The van der Waals surface area contributed by atoms with Crippen LogP contribution in [0.15, 0.2) is 93.7 Å². The minimum absolute atomic E-state index is 0.254. The molecule has 1 aliphatic carbocycles. The van der Waals surface area contributed by atoms with Gasteiger partial charge in [0.15, 0.2) is 0 Å². The molecule has 0 atom stereocenters. The zero-order valence-corrected chi connectivity index (χ0v) is 25.2. The molecular weight excluding hydrogens is 452 g/mol. The van der Waals surface area contributed by atoms with Gasteiger partial charge in [-0.25, -0.2) is 4.79 Å². The van der Waals surface area contributed by atoms with Crippen molar-refractivity contribution >= 4 is 5.97 Å². The van der Waals surface area contributed by atoms with Gasteiger partial charge in [0.1, 0.15) is 6.61 Å². The van der Waals surface area contributed by atoms with Gasteiger partial charge in [0.25, 0.3) is 0 Å². The number of allylic oxidation sites excluding steroid dienone is 14. The van der Waals surface area contributed by atoms with Gasteiger partial charge < -0.3 is 4.74 Å².